The van der Waals surface area contributed by atoms with E-state index in [-0.39, 0.29) is 5.78 Å². The van der Waals surface area contributed by atoms with Gasteiger partial charge in [0.05, 0.1) is 4.88 Å². The Morgan fingerprint density at radius 2 is 2.06 bits per heavy atom. The summed E-state index contributed by atoms with van der Waals surface area (Å²) in [5.41, 5.74) is 7.55. The van der Waals surface area contributed by atoms with Crippen LogP contribution >= 0.6 is 11.3 Å². The van der Waals surface area contributed by atoms with Gasteiger partial charge >= 0.3 is 0 Å². The van der Waals surface area contributed by atoms with Crippen LogP contribution in [-0.2, 0) is 0 Å². The van der Waals surface area contributed by atoms with Crippen LogP contribution in [0.3, 0.4) is 0 Å². The van der Waals surface area contributed by atoms with Crippen LogP contribution in [0.2, 0.25) is 0 Å². The molecule has 2 rings (SSSR count). The minimum Gasteiger partial charge on any atom is -0.398 e. The molecule has 1 heterocycles. The largest absolute Gasteiger partial charge is 0.398 e. The topological polar surface area (TPSA) is 43.1 Å². The van der Waals surface area contributed by atoms with Gasteiger partial charge in [0.25, 0.3) is 0 Å². The smallest absolute Gasteiger partial charge is 0.203 e. The molecule has 2 aromatic rings. The first-order valence-corrected chi connectivity index (χ1v) is 6.03. The van der Waals surface area contributed by atoms with E-state index in [1.54, 1.807) is 6.92 Å². The number of carbonyl (C=O) groups excluding carboxylic acids is 1. The molecule has 0 aliphatic carbocycles. The number of hydrogen-bond acceptors (Lipinski definition) is 3. The standard InChI is InChI=1S/C13H12FNOS/c1-7-3-4-17-13(7)12(16)9-5-10(14)8(2)11(15)6-9/h3-6H,15H2,1-2H3. The highest BCUT2D eigenvalue weighted by atomic mass is 32.1. The van der Waals surface area contributed by atoms with Crippen molar-refractivity contribution in [3.05, 3.63) is 51.0 Å². The van der Waals surface area contributed by atoms with Gasteiger partial charge in [-0.05, 0) is 43.0 Å². The molecule has 0 aliphatic heterocycles. The Labute approximate surface area is 103 Å². The van der Waals surface area contributed by atoms with Gasteiger partial charge in [-0.25, -0.2) is 4.39 Å². The molecule has 0 radical (unpaired) electrons. The highest BCUT2D eigenvalue weighted by molar-refractivity contribution is 7.12. The predicted octanol–water partition coefficient (Wildman–Crippen LogP) is 3.32. The number of thiophene rings is 1. The molecule has 1 aromatic carbocycles. The van der Waals surface area contributed by atoms with E-state index in [4.69, 9.17) is 5.73 Å². The molecule has 0 unspecified atom stereocenters. The van der Waals surface area contributed by atoms with Gasteiger partial charge in [-0.1, -0.05) is 0 Å². The molecule has 0 spiro atoms. The van der Waals surface area contributed by atoms with Gasteiger partial charge in [0.2, 0.25) is 5.78 Å². The number of halogens is 1. The van der Waals surface area contributed by atoms with Crippen LogP contribution in [0.1, 0.15) is 26.4 Å². The highest BCUT2D eigenvalue weighted by Crippen LogP contribution is 2.23. The molecule has 2 nitrogen and oxygen atoms in total. The third-order valence-electron chi connectivity index (χ3n) is 2.71. The van der Waals surface area contributed by atoms with Crippen LogP contribution in [0.5, 0.6) is 0 Å². The number of hydrogen-bond donors (Lipinski definition) is 1. The van der Waals surface area contributed by atoms with Gasteiger partial charge in [-0.2, -0.15) is 0 Å². The van der Waals surface area contributed by atoms with E-state index in [2.05, 4.69) is 0 Å². The van der Waals surface area contributed by atoms with E-state index in [1.165, 1.54) is 23.5 Å². The fourth-order valence-corrected chi connectivity index (χ4v) is 2.45. The Balaban J connectivity index is 2.49. The van der Waals surface area contributed by atoms with Crippen molar-refractivity contribution in [1.29, 1.82) is 0 Å². The van der Waals surface area contributed by atoms with Crippen LogP contribution in [0.4, 0.5) is 10.1 Å². The van der Waals surface area contributed by atoms with Crippen LogP contribution in [0, 0.1) is 19.7 Å². The number of rotatable bonds is 2. The van der Waals surface area contributed by atoms with Gasteiger partial charge in [0, 0.05) is 16.8 Å². The molecule has 4 heteroatoms. The molecule has 0 aliphatic rings. The molecule has 88 valence electrons. The molecule has 17 heavy (non-hydrogen) atoms. The van der Waals surface area contributed by atoms with Crippen LogP contribution in [0.15, 0.2) is 23.6 Å². The summed E-state index contributed by atoms with van der Waals surface area (Å²) in [5.74, 6) is -0.620. The zero-order valence-corrected chi connectivity index (χ0v) is 10.4. The number of nitrogens with two attached hydrogens (primary N) is 1. The number of nitrogen functional groups attached to an aromatic ring is 1. The van der Waals surface area contributed by atoms with Crippen molar-refractivity contribution in [2.24, 2.45) is 0 Å². The lowest BCUT2D eigenvalue weighted by Gasteiger charge is -2.05. The summed E-state index contributed by atoms with van der Waals surface area (Å²) in [4.78, 5) is 12.8. The lowest BCUT2D eigenvalue weighted by Crippen LogP contribution is -2.04. The fraction of sp³-hybridized carbons (Fsp3) is 0.154. The maximum atomic E-state index is 13.5. The van der Waals surface area contributed by atoms with Gasteiger partial charge in [-0.15, -0.1) is 11.3 Å². The second-order valence-corrected chi connectivity index (χ2v) is 4.85. The normalized spacial score (nSPS) is 10.5. The van der Waals surface area contributed by atoms with E-state index in [1.807, 2.05) is 18.4 Å². The van der Waals surface area contributed by atoms with Crippen molar-refractivity contribution < 1.29 is 9.18 Å². The Kier molecular flexibility index (Phi) is 2.98. The molecular formula is C13H12FNOS. The Morgan fingerprint density at radius 3 is 2.59 bits per heavy atom. The van der Waals surface area contributed by atoms with Crippen LogP contribution < -0.4 is 5.73 Å². The zero-order chi connectivity index (χ0) is 12.6. The third-order valence-corrected chi connectivity index (χ3v) is 3.73. The van der Waals surface area contributed by atoms with E-state index in [0.29, 0.717) is 21.7 Å². The third kappa shape index (κ3) is 2.08. The van der Waals surface area contributed by atoms with Gasteiger partial charge in [0.15, 0.2) is 0 Å². The second kappa shape index (κ2) is 4.30. The minimum absolute atomic E-state index is 0.178. The van der Waals surface area contributed by atoms with Gasteiger partial charge < -0.3 is 5.73 Å². The molecule has 0 saturated heterocycles. The van der Waals surface area contributed by atoms with E-state index >= 15 is 0 Å². The summed E-state index contributed by atoms with van der Waals surface area (Å²) in [6, 6.07) is 4.64. The lowest BCUT2D eigenvalue weighted by molar-refractivity contribution is 0.104. The summed E-state index contributed by atoms with van der Waals surface area (Å²) in [6.45, 7) is 3.45. The average Bonchev–Trinajstić information content (AvgIpc) is 2.70. The second-order valence-electron chi connectivity index (χ2n) is 3.93. The number of aryl methyl sites for hydroxylation is 1. The summed E-state index contributed by atoms with van der Waals surface area (Å²) >= 11 is 1.36. The quantitative estimate of drug-likeness (QED) is 0.655. The minimum atomic E-state index is -0.442. The van der Waals surface area contributed by atoms with Crippen molar-refractivity contribution in [3.63, 3.8) is 0 Å². The Hall–Kier alpha value is -1.68. The fourth-order valence-electron chi connectivity index (χ4n) is 1.57. The highest BCUT2D eigenvalue weighted by Gasteiger charge is 2.15. The van der Waals surface area contributed by atoms with E-state index in [9.17, 15) is 9.18 Å². The first kappa shape index (κ1) is 11.8. The monoisotopic (exact) mass is 249 g/mol. The van der Waals surface area contributed by atoms with E-state index < -0.39 is 5.82 Å². The average molecular weight is 249 g/mol. The number of benzene rings is 1. The number of carbonyl (C=O) groups is 1. The van der Waals surface area contributed by atoms with Crippen molar-refractivity contribution in [1.82, 2.24) is 0 Å². The molecule has 1 aromatic heterocycles. The molecule has 2 N–H and O–H groups in total. The number of anilines is 1. The zero-order valence-electron chi connectivity index (χ0n) is 9.58. The van der Waals surface area contributed by atoms with Gasteiger partial charge in [-0.3, -0.25) is 4.79 Å². The van der Waals surface area contributed by atoms with Crippen molar-refractivity contribution >= 4 is 22.8 Å². The molecule has 0 atom stereocenters. The van der Waals surface area contributed by atoms with Crippen molar-refractivity contribution in [2.75, 3.05) is 5.73 Å². The summed E-state index contributed by atoms with van der Waals surface area (Å²) < 4.78 is 13.5. The van der Waals surface area contributed by atoms with Crippen LogP contribution in [-0.4, -0.2) is 5.78 Å². The van der Waals surface area contributed by atoms with Crippen molar-refractivity contribution in [3.8, 4) is 0 Å². The molecule has 0 saturated carbocycles. The first-order chi connectivity index (χ1) is 8.00. The maximum absolute atomic E-state index is 13.5. The number of ketones is 1. The van der Waals surface area contributed by atoms with Gasteiger partial charge in [0.1, 0.15) is 5.82 Å². The Bertz CT molecular complexity index is 566. The lowest BCUT2D eigenvalue weighted by atomic mass is 10.0. The molecule has 0 bridgehead atoms. The Morgan fingerprint density at radius 1 is 1.35 bits per heavy atom. The summed E-state index contributed by atoms with van der Waals surface area (Å²) in [5, 5.41) is 1.84. The molecular weight excluding hydrogens is 237 g/mol. The predicted molar refractivity (Wildman–Crippen MR) is 68.0 cm³/mol. The SMILES string of the molecule is Cc1ccsc1C(=O)c1cc(N)c(C)c(F)c1. The van der Waals surface area contributed by atoms with Crippen molar-refractivity contribution in [2.45, 2.75) is 13.8 Å². The molecule has 0 amide bonds. The van der Waals surface area contributed by atoms with Crippen LogP contribution in [0.25, 0.3) is 0 Å². The summed E-state index contributed by atoms with van der Waals surface area (Å²) in [7, 11) is 0. The first-order valence-electron chi connectivity index (χ1n) is 5.15. The van der Waals surface area contributed by atoms with E-state index in [0.717, 1.165) is 5.56 Å². The molecule has 0 fully saturated rings. The maximum Gasteiger partial charge on any atom is 0.203 e. The summed E-state index contributed by atoms with van der Waals surface area (Å²) in [6.07, 6.45) is 0.